The van der Waals surface area contributed by atoms with Gasteiger partial charge in [0.1, 0.15) is 6.33 Å². The standard InChI is InChI=1S/C5H3IN2O/c6-5(9)4-1-7-3-8-2-4/h1-3H. The largest absolute Gasteiger partial charge is 0.282 e. The first-order valence-corrected chi connectivity index (χ1v) is 3.33. The van der Waals surface area contributed by atoms with Crippen LogP contribution in [0.4, 0.5) is 0 Å². The van der Waals surface area contributed by atoms with Gasteiger partial charge in [0.2, 0.25) is 3.79 Å². The predicted octanol–water partition coefficient (Wildman–Crippen LogP) is 1.05. The van der Waals surface area contributed by atoms with Crippen LogP contribution < -0.4 is 0 Å². The van der Waals surface area contributed by atoms with Crippen molar-refractivity contribution in [3.05, 3.63) is 24.3 Å². The maximum absolute atomic E-state index is 10.6. The third-order valence-electron chi connectivity index (χ3n) is 0.788. The molecule has 0 aliphatic heterocycles. The van der Waals surface area contributed by atoms with E-state index in [9.17, 15) is 4.79 Å². The van der Waals surface area contributed by atoms with Crippen molar-refractivity contribution < 1.29 is 4.79 Å². The summed E-state index contributed by atoms with van der Waals surface area (Å²) in [5, 5.41) is 0. The van der Waals surface area contributed by atoms with Crippen molar-refractivity contribution in [1.82, 2.24) is 9.97 Å². The van der Waals surface area contributed by atoms with E-state index in [1.165, 1.54) is 18.7 Å². The van der Waals surface area contributed by atoms with Gasteiger partial charge in [0, 0.05) is 35.0 Å². The van der Waals surface area contributed by atoms with Crippen molar-refractivity contribution in [1.29, 1.82) is 0 Å². The van der Waals surface area contributed by atoms with Crippen molar-refractivity contribution in [3.8, 4) is 0 Å². The fourth-order valence-corrected chi connectivity index (χ4v) is 0.679. The molecule has 0 spiro atoms. The maximum Gasteiger partial charge on any atom is 0.225 e. The first-order chi connectivity index (χ1) is 4.30. The minimum absolute atomic E-state index is 0.0341. The van der Waals surface area contributed by atoms with Crippen LogP contribution in [0.2, 0.25) is 0 Å². The third-order valence-corrected chi connectivity index (χ3v) is 1.41. The summed E-state index contributed by atoms with van der Waals surface area (Å²) in [6.07, 6.45) is 4.37. The molecule has 0 fully saturated rings. The summed E-state index contributed by atoms with van der Waals surface area (Å²) >= 11 is 1.69. The molecule has 4 heteroatoms. The number of carbonyl (C=O) groups is 1. The van der Waals surface area contributed by atoms with Gasteiger partial charge in [0.05, 0.1) is 5.56 Å². The molecule has 1 rings (SSSR count). The zero-order valence-corrected chi connectivity index (χ0v) is 6.57. The topological polar surface area (TPSA) is 42.9 Å². The van der Waals surface area contributed by atoms with E-state index in [-0.39, 0.29) is 3.79 Å². The van der Waals surface area contributed by atoms with Crippen LogP contribution in [0.25, 0.3) is 0 Å². The second-order valence-electron chi connectivity index (χ2n) is 1.40. The molecule has 0 radical (unpaired) electrons. The second kappa shape index (κ2) is 2.86. The lowest BCUT2D eigenvalue weighted by Gasteiger charge is -1.86. The van der Waals surface area contributed by atoms with Crippen LogP contribution >= 0.6 is 22.6 Å². The lowest BCUT2D eigenvalue weighted by molar-refractivity contribution is 0.110. The lowest BCUT2D eigenvalue weighted by atomic mass is 10.4. The average molecular weight is 234 g/mol. The fraction of sp³-hybridized carbons (Fsp3) is 0. The van der Waals surface area contributed by atoms with Crippen molar-refractivity contribution >= 4 is 26.4 Å². The van der Waals surface area contributed by atoms with Gasteiger partial charge in [-0.15, -0.1) is 0 Å². The van der Waals surface area contributed by atoms with Crippen LogP contribution in [0.15, 0.2) is 18.7 Å². The van der Waals surface area contributed by atoms with E-state index in [1.54, 1.807) is 22.6 Å². The van der Waals surface area contributed by atoms with Crippen LogP contribution in [0, 0.1) is 0 Å². The number of aromatic nitrogens is 2. The Bertz CT molecular complexity index is 211. The van der Waals surface area contributed by atoms with Crippen LogP contribution in [-0.4, -0.2) is 13.8 Å². The zero-order chi connectivity index (χ0) is 6.69. The quantitative estimate of drug-likeness (QED) is 0.538. The van der Waals surface area contributed by atoms with Crippen molar-refractivity contribution in [3.63, 3.8) is 0 Å². The molecule has 0 aliphatic carbocycles. The Morgan fingerprint density at radius 1 is 1.44 bits per heavy atom. The first kappa shape index (κ1) is 6.60. The van der Waals surface area contributed by atoms with Gasteiger partial charge < -0.3 is 0 Å². The summed E-state index contributed by atoms with van der Waals surface area (Å²) in [5.41, 5.74) is 0.540. The molecule has 1 aromatic heterocycles. The molecule has 0 bridgehead atoms. The van der Waals surface area contributed by atoms with Gasteiger partial charge in [0.25, 0.3) is 0 Å². The minimum atomic E-state index is -0.0341. The van der Waals surface area contributed by atoms with Crippen LogP contribution in [0.5, 0.6) is 0 Å². The maximum atomic E-state index is 10.6. The number of hydrogen-bond donors (Lipinski definition) is 0. The predicted molar refractivity (Wildman–Crippen MR) is 40.4 cm³/mol. The molecule has 0 unspecified atom stereocenters. The van der Waals surface area contributed by atoms with E-state index >= 15 is 0 Å². The second-order valence-corrected chi connectivity index (χ2v) is 2.38. The summed E-state index contributed by atoms with van der Waals surface area (Å²) in [7, 11) is 0. The third kappa shape index (κ3) is 1.70. The molecular weight excluding hydrogens is 231 g/mol. The SMILES string of the molecule is O=C(I)c1cncnc1. The van der Waals surface area contributed by atoms with Gasteiger partial charge in [-0.1, -0.05) is 0 Å². The highest BCUT2D eigenvalue weighted by Crippen LogP contribution is 2.00. The molecule has 1 heterocycles. The number of nitrogens with zero attached hydrogens (tertiary/aromatic N) is 2. The Balaban J connectivity index is 2.98. The van der Waals surface area contributed by atoms with Gasteiger partial charge in [-0.05, 0) is 0 Å². The first-order valence-electron chi connectivity index (χ1n) is 2.25. The van der Waals surface area contributed by atoms with Crippen molar-refractivity contribution in [2.24, 2.45) is 0 Å². The Hall–Kier alpha value is -0.520. The molecule has 3 nitrogen and oxygen atoms in total. The normalized spacial score (nSPS) is 9.00. The van der Waals surface area contributed by atoms with Gasteiger partial charge in [0.15, 0.2) is 0 Å². The van der Waals surface area contributed by atoms with E-state index in [1.807, 2.05) is 0 Å². The molecule has 1 aromatic rings. The summed E-state index contributed by atoms with van der Waals surface area (Å²) in [6, 6.07) is 0. The summed E-state index contributed by atoms with van der Waals surface area (Å²) in [4.78, 5) is 17.9. The van der Waals surface area contributed by atoms with E-state index in [0.29, 0.717) is 5.56 Å². The number of hydrogen-bond acceptors (Lipinski definition) is 3. The van der Waals surface area contributed by atoms with E-state index in [4.69, 9.17) is 0 Å². The monoisotopic (exact) mass is 234 g/mol. The Kier molecular flexibility index (Phi) is 2.10. The molecular formula is C5H3IN2O. The molecule has 0 aromatic carbocycles. The van der Waals surface area contributed by atoms with E-state index < -0.39 is 0 Å². The highest BCUT2D eigenvalue weighted by molar-refractivity contribution is 14.1. The van der Waals surface area contributed by atoms with Crippen LogP contribution in [-0.2, 0) is 0 Å². The molecule has 46 valence electrons. The molecule has 0 saturated carbocycles. The van der Waals surface area contributed by atoms with Crippen molar-refractivity contribution in [2.45, 2.75) is 0 Å². The Morgan fingerprint density at radius 3 is 2.33 bits per heavy atom. The van der Waals surface area contributed by atoms with E-state index in [2.05, 4.69) is 9.97 Å². The molecule has 0 N–H and O–H groups in total. The Labute approximate surface area is 65.7 Å². The van der Waals surface area contributed by atoms with Crippen molar-refractivity contribution in [2.75, 3.05) is 0 Å². The van der Waals surface area contributed by atoms with Crippen LogP contribution in [0.1, 0.15) is 10.4 Å². The molecule has 0 aliphatic rings. The smallest absolute Gasteiger partial charge is 0.225 e. The van der Waals surface area contributed by atoms with Crippen LogP contribution in [0.3, 0.4) is 0 Å². The number of rotatable bonds is 1. The Morgan fingerprint density at radius 2 is 2.00 bits per heavy atom. The van der Waals surface area contributed by atoms with Gasteiger partial charge in [-0.3, -0.25) is 4.79 Å². The summed E-state index contributed by atoms with van der Waals surface area (Å²) in [6.45, 7) is 0. The van der Waals surface area contributed by atoms with Gasteiger partial charge in [-0.2, -0.15) is 0 Å². The lowest BCUT2D eigenvalue weighted by Crippen LogP contribution is -1.88. The highest BCUT2D eigenvalue weighted by atomic mass is 127. The molecule has 0 saturated heterocycles. The number of halogens is 1. The van der Waals surface area contributed by atoms with Gasteiger partial charge >= 0.3 is 0 Å². The highest BCUT2D eigenvalue weighted by Gasteiger charge is 1.97. The molecule has 0 amide bonds. The average Bonchev–Trinajstić information content (AvgIpc) is 1.90. The summed E-state index contributed by atoms with van der Waals surface area (Å²) < 4.78 is -0.0341. The molecule has 9 heavy (non-hydrogen) atoms. The number of carbonyl (C=O) groups excluding carboxylic acids is 1. The van der Waals surface area contributed by atoms with Gasteiger partial charge in [-0.25, -0.2) is 9.97 Å². The molecule has 0 atom stereocenters. The minimum Gasteiger partial charge on any atom is -0.282 e. The zero-order valence-electron chi connectivity index (χ0n) is 4.41. The van der Waals surface area contributed by atoms with E-state index in [0.717, 1.165) is 0 Å². The summed E-state index contributed by atoms with van der Waals surface area (Å²) in [5.74, 6) is 0. The fourth-order valence-electron chi connectivity index (χ4n) is 0.401.